The van der Waals surface area contributed by atoms with E-state index in [4.69, 9.17) is 0 Å². The second-order valence-corrected chi connectivity index (χ2v) is 6.91. The Balaban J connectivity index is 1.96. The van der Waals surface area contributed by atoms with Gasteiger partial charge in [-0.3, -0.25) is 4.90 Å². The van der Waals surface area contributed by atoms with Crippen LogP contribution >= 0.6 is 0 Å². The molecule has 1 heterocycles. The highest BCUT2D eigenvalue weighted by Gasteiger charge is 2.46. The van der Waals surface area contributed by atoms with Crippen LogP contribution in [0.2, 0.25) is 0 Å². The van der Waals surface area contributed by atoms with Crippen molar-refractivity contribution in [2.75, 3.05) is 19.6 Å². The third-order valence-electron chi connectivity index (χ3n) is 5.53. The molecular formula is C19H30N2. The van der Waals surface area contributed by atoms with Crippen molar-refractivity contribution < 1.29 is 0 Å². The van der Waals surface area contributed by atoms with Gasteiger partial charge < -0.3 is 5.32 Å². The van der Waals surface area contributed by atoms with Crippen LogP contribution in [-0.2, 0) is 0 Å². The summed E-state index contributed by atoms with van der Waals surface area (Å²) in [6.07, 6.45) is 8.27. The van der Waals surface area contributed by atoms with Gasteiger partial charge in [-0.15, -0.1) is 0 Å². The maximum absolute atomic E-state index is 3.84. The zero-order chi connectivity index (χ0) is 14.7. The number of nitrogens with zero attached hydrogens (tertiary/aromatic N) is 1. The number of nitrogens with one attached hydrogen (secondary N) is 1. The first kappa shape index (κ1) is 15.1. The van der Waals surface area contributed by atoms with E-state index in [2.05, 4.69) is 48.3 Å². The number of likely N-dealkylation sites (N-methyl/N-ethyl adjacent to an activating group) is 1. The molecule has 2 aliphatic rings. The van der Waals surface area contributed by atoms with Crippen LogP contribution in [0.3, 0.4) is 0 Å². The Morgan fingerprint density at radius 2 is 1.86 bits per heavy atom. The molecule has 2 heteroatoms. The molecule has 2 fully saturated rings. The van der Waals surface area contributed by atoms with Gasteiger partial charge in [0.2, 0.25) is 0 Å². The van der Waals surface area contributed by atoms with E-state index in [9.17, 15) is 0 Å². The lowest BCUT2D eigenvalue weighted by Crippen LogP contribution is -2.54. The molecule has 1 aliphatic carbocycles. The van der Waals surface area contributed by atoms with Crippen molar-refractivity contribution in [3.8, 4) is 0 Å². The van der Waals surface area contributed by atoms with Crippen molar-refractivity contribution >= 4 is 0 Å². The Labute approximate surface area is 129 Å². The molecule has 1 aromatic carbocycles. The molecular weight excluding hydrogens is 256 g/mol. The second-order valence-electron chi connectivity index (χ2n) is 6.91. The van der Waals surface area contributed by atoms with Gasteiger partial charge in [-0.05, 0) is 57.8 Å². The third-order valence-corrected chi connectivity index (χ3v) is 5.53. The van der Waals surface area contributed by atoms with Crippen LogP contribution in [0.5, 0.6) is 0 Å². The molecule has 116 valence electrons. The van der Waals surface area contributed by atoms with Crippen molar-refractivity contribution in [2.45, 2.75) is 64.0 Å². The molecule has 1 unspecified atom stereocenters. The predicted octanol–water partition coefficient (Wildman–Crippen LogP) is 4.05. The summed E-state index contributed by atoms with van der Waals surface area (Å²) >= 11 is 0. The number of hydrogen-bond donors (Lipinski definition) is 1. The molecule has 1 aromatic rings. The molecule has 3 rings (SSSR count). The van der Waals surface area contributed by atoms with E-state index in [0.29, 0.717) is 11.6 Å². The minimum absolute atomic E-state index is 0.361. The average Bonchev–Trinajstić information content (AvgIpc) is 3.16. The first-order valence-corrected chi connectivity index (χ1v) is 8.81. The van der Waals surface area contributed by atoms with Gasteiger partial charge in [0.1, 0.15) is 0 Å². The first-order chi connectivity index (χ1) is 10.3. The number of benzene rings is 1. The summed E-state index contributed by atoms with van der Waals surface area (Å²) in [6, 6.07) is 9.65. The monoisotopic (exact) mass is 286 g/mol. The van der Waals surface area contributed by atoms with Crippen LogP contribution in [0.4, 0.5) is 0 Å². The highest BCUT2D eigenvalue weighted by atomic mass is 15.2. The van der Waals surface area contributed by atoms with Crippen LogP contribution < -0.4 is 5.32 Å². The predicted molar refractivity (Wildman–Crippen MR) is 89.6 cm³/mol. The van der Waals surface area contributed by atoms with Gasteiger partial charge in [-0.2, -0.15) is 0 Å². The summed E-state index contributed by atoms with van der Waals surface area (Å²) in [5.74, 6) is 0. The van der Waals surface area contributed by atoms with E-state index >= 15 is 0 Å². The maximum Gasteiger partial charge on any atom is 0.0507 e. The molecule has 1 atom stereocenters. The van der Waals surface area contributed by atoms with Crippen molar-refractivity contribution in [3.05, 3.63) is 35.4 Å². The fourth-order valence-electron chi connectivity index (χ4n) is 4.61. The fraction of sp³-hybridized carbons (Fsp3) is 0.684. The molecule has 0 spiro atoms. The molecule has 0 aromatic heterocycles. The quantitative estimate of drug-likeness (QED) is 0.878. The number of hydrogen-bond acceptors (Lipinski definition) is 2. The standard InChI is InChI=1S/C19H30N2/c1-3-20-18(17-10-8-9-16(2)15-17)19(11-4-5-12-19)21-13-6-7-14-21/h8-10,15,18,20H,3-7,11-14H2,1-2H3. The second kappa shape index (κ2) is 6.50. The minimum atomic E-state index is 0.361. The van der Waals surface area contributed by atoms with E-state index in [0.717, 1.165) is 6.54 Å². The van der Waals surface area contributed by atoms with E-state index in [1.165, 1.54) is 62.7 Å². The Hall–Kier alpha value is -0.860. The lowest BCUT2D eigenvalue weighted by atomic mass is 9.81. The summed E-state index contributed by atoms with van der Waals surface area (Å²) in [5.41, 5.74) is 3.23. The molecule has 1 saturated carbocycles. The van der Waals surface area contributed by atoms with Gasteiger partial charge in [0, 0.05) is 5.54 Å². The summed E-state index contributed by atoms with van der Waals surface area (Å²) in [6.45, 7) is 8.11. The highest BCUT2D eigenvalue weighted by molar-refractivity contribution is 5.29. The molecule has 0 bridgehead atoms. The van der Waals surface area contributed by atoms with Gasteiger partial charge in [0.05, 0.1) is 6.04 Å². The van der Waals surface area contributed by atoms with Crippen LogP contribution in [0, 0.1) is 6.92 Å². The van der Waals surface area contributed by atoms with Crippen molar-refractivity contribution in [1.29, 1.82) is 0 Å². The van der Waals surface area contributed by atoms with Crippen LogP contribution in [0.15, 0.2) is 24.3 Å². The van der Waals surface area contributed by atoms with Gasteiger partial charge in [-0.25, -0.2) is 0 Å². The normalized spacial score (nSPS) is 23.5. The van der Waals surface area contributed by atoms with E-state index in [1.54, 1.807) is 0 Å². The van der Waals surface area contributed by atoms with Gasteiger partial charge in [0.15, 0.2) is 0 Å². The lowest BCUT2D eigenvalue weighted by Gasteiger charge is -2.46. The Morgan fingerprint density at radius 1 is 1.14 bits per heavy atom. The lowest BCUT2D eigenvalue weighted by molar-refractivity contribution is 0.0770. The van der Waals surface area contributed by atoms with E-state index in [-0.39, 0.29) is 0 Å². The summed E-state index contributed by atoms with van der Waals surface area (Å²) in [5, 5.41) is 3.84. The van der Waals surface area contributed by atoms with Crippen molar-refractivity contribution in [1.82, 2.24) is 10.2 Å². The molecule has 0 amide bonds. The first-order valence-electron chi connectivity index (χ1n) is 8.81. The zero-order valence-electron chi connectivity index (χ0n) is 13.7. The molecule has 1 aliphatic heterocycles. The Bertz CT molecular complexity index is 456. The summed E-state index contributed by atoms with van der Waals surface area (Å²) in [7, 11) is 0. The largest absolute Gasteiger partial charge is 0.309 e. The molecule has 1 saturated heterocycles. The summed E-state index contributed by atoms with van der Waals surface area (Å²) < 4.78 is 0. The van der Waals surface area contributed by atoms with Crippen molar-refractivity contribution in [3.63, 3.8) is 0 Å². The Morgan fingerprint density at radius 3 is 2.48 bits per heavy atom. The minimum Gasteiger partial charge on any atom is -0.309 e. The summed E-state index contributed by atoms with van der Waals surface area (Å²) in [4.78, 5) is 2.82. The number of aryl methyl sites for hydroxylation is 1. The number of rotatable bonds is 5. The molecule has 0 radical (unpaired) electrons. The molecule has 1 N–H and O–H groups in total. The van der Waals surface area contributed by atoms with Crippen LogP contribution in [-0.4, -0.2) is 30.1 Å². The van der Waals surface area contributed by atoms with Gasteiger partial charge >= 0.3 is 0 Å². The van der Waals surface area contributed by atoms with E-state index < -0.39 is 0 Å². The van der Waals surface area contributed by atoms with E-state index in [1.807, 2.05) is 0 Å². The number of likely N-dealkylation sites (tertiary alicyclic amines) is 1. The van der Waals surface area contributed by atoms with Crippen LogP contribution in [0.1, 0.15) is 62.6 Å². The Kier molecular flexibility index (Phi) is 4.66. The average molecular weight is 286 g/mol. The highest BCUT2D eigenvalue weighted by Crippen LogP contribution is 2.46. The fourth-order valence-corrected chi connectivity index (χ4v) is 4.61. The smallest absolute Gasteiger partial charge is 0.0507 e. The third kappa shape index (κ3) is 2.89. The SMILES string of the molecule is CCNC(c1cccc(C)c1)C1(N2CCCC2)CCCC1. The molecule has 2 nitrogen and oxygen atoms in total. The maximum atomic E-state index is 3.84. The molecule has 21 heavy (non-hydrogen) atoms. The van der Waals surface area contributed by atoms with Gasteiger partial charge in [0.25, 0.3) is 0 Å². The topological polar surface area (TPSA) is 15.3 Å². The van der Waals surface area contributed by atoms with Crippen LogP contribution in [0.25, 0.3) is 0 Å². The van der Waals surface area contributed by atoms with Crippen molar-refractivity contribution in [2.24, 2.45) is 0 Å². The zero-order valence-corrected chi connectivity index (χ0v) is 13.7. The van der Waals surface area contributed by atoms with Gasteiger partial charge in [-0.1, -0.05) is 49.6 Å².